The van der Waals surface area contributed by atoms with Crippen LogP contribution in [0.3, 0.4) is 0 Å². The normalized spacial score (nSPS) is 25.9. The largest absolute Gasteiger partial charge is 0.480 e. The van der Waals surface area contributed by atoms with E-state index in [2.05, 4.69) is 15.2 Å². The molecule has 240 valence electrons. The monoisotopic (exact) mass is 659 g/mol. The zero-order valence-electron chi connectivity index (χ0n) is 25.2. The number of carbonyl (C=O) groups is 3. The van der Waals surface area contributed by atoms with Gasteiger partial charge in [-0.05, 0) is 32.4 Å². The fraction of sp³-hybridized carbons (Fsp3) is 0.500. The highest BCUT2D eigenvalue weighted by atomic mass is 35.5. The summed E-state index contributed by atoms with van der Waals surface area (Å²) in [5.74, 6) is -1.49. The predicted octanol–water partition coefficient (Wildman–Crippen LogP) is 2.81. The van der Waals surface area contributed by atoms with E-state index in [-0.39, 0.29) is 34.8 Å². The minimum absolute atomic E-state index is 0.0542. The average molecular weight is 660 g/mol. The van der Waals surface area contributed by atoms with Gasteiger partial charge in [-0.25, -0.2) is 19.0 Å². The first-order valence-electron chi connectivity index (χ1n) is 14.8. The van der Waals surface area contributed by atoms with Crippen molar-refractivity contribution in [2.24, 2.45) is 4.99 Å². The Morgan fingerprint density at radius 1 is 1.20 bits per heavy atom. The summed E-state index contributed by atoms with van der Waals surface area (Å²) in [5, 5.41) is 15.7. The second-order valence-corrected chi connectivity index (χ2v) is 13.2. The molecular weight excluding hydrogens is 625 g/mol. The second-order valence-electron chi connectivity index (χ2n) is 11.9. The number of likely N-dealkylation sites (tertiary alicyclic amines) is 1. The maximum absolute atomic E-state index is 14.0. The number of nitrogens with zero attached hydrogens (tertiary/aromatic N) is 6. The summed E-state index contributed by atoms with van der Waals surface area (Å²) in [7, 11) is 1.30. The zero-order valence-corrected chi connectivity index (χ0v) is 26.7. The molecule has 1 aromatic carbocycles. The van der Waals surface area contributed by atoms with Crippen molar-refractivity contribution in [1.82, 2.24) is 29.9 Å². The van der Waals surface area contributed by atoms with Crippen molar-refractivity contribution in [2.45, 2.75) is 50.5 Å². The van der Waals surface area contributed by atoms with Crippen molar-refractivity contribution in [2.75, 3.05) is 46.4 Å². The Kier molecular flexibility index (Phi) is 8.83. The molecule has 5 heterocycles. The Morgan fingerprint density at radius 3 is 2.64 bits per heavy atom. The maximum Gasteiger partial charge on any atom is 0.338 e. The molecule has 4 aliphatic rings. The van der Waals surface area contributed by atoms with Gasteiger partial charge in [-0.2, -0.15) is 0 Å². The van der Waals surface area contributed by atoms with Crippen LogP contribution in [0, 0.1) is 5.82 Å². The molecule has 15 heteroatoms. The summed E-state index contributed by atoms with van der Waals surface area (Å²) in [4.78, 5) is 55.8. The molecule has 2 aromatic rings. The Hall–Kier alpha value is -3.59. The smallest absolute Gasteiger partial charge is 0.338 e. The molecular formula is C30H35ClFN7O5S. The molecule has 3 fully saturated rings. The highest BCUT2D eigenvalue weighted by Gasteiger charge is 2.48. The van der Waals surface area contributed by atoms with E-state index in [1.54, 1.807) is 6.20 Å². The van der Waals surface area contributed by atoms with E-state index >= 15 is 0 Å². The third-order valence-corrected chi connectivity index (χ3v) is 10.1. The molecule has 0 saturated carbocycles. The Balaban J connectivity index is 1.25. The summed E-state index contributed by atoms with van der Waals surface area (Å²) in [6.45, 7) is 6.89. The lowest BCUT2D eigenvalue weighted by atomic mass is 9.95. The fourth-order valence-corrected chi connectivity index (χ4v) is 7.67. The number of halogens is 2. The third kappa shape index (κ3) is 6.03. The number of urea groups is 1. The Labute approximate surface area is 269 Å². The lowest BCUT2D eigenvalue weighted by Gasteiger charge is -2.38. The molecule has 0 bridgehead atoms. The Morgan fingerprint density at radius 2 is 2.00 bits per heavy atom. The number of fused-ring (bicyclic) bond motifs is 1. The van der Waals surface area contributed by atoms with E-state index in [1.165, 1.54) is 36.6 Å². The van der Waals surface area contributed by atoms with Crippen LogP contribution in [0.25, 0.3) is 0 Å². The second kappa shape index (κ2) is 12.7. The summed E-state index contributed by atoms with van der Waals surface area (Å²) in [6, 6.07) is 2.24. The van der Waals surface area contributed by atoms with E-state index in [0.717, 1.165) is 0 Å². The number of methoxy groups -OCH3 is 1. The highest BCUT2D eigenvalue weighted by molar-refractivity contribution is 7.11. The van der Waals surface area contributed by atoms with Gasteiger partial charge in [-0.3, -0.25) is 19.6 Å². The van der Waals surface area contributed by atoms with Gasteiger partial charge < -0.3 is 25.0 Å². The zero-order chi connectivity index (χ0) is 32.0. The minimum atomic E-state index is -0.864. The van der Waals surface area contributed by atoms with Gasteiger partial charge in [0.05, 0.1) is 18.7 Å². The number of rotatable bonds is 8. The van der Waals surface area contributed by atoms with Crippen LogP contribution in [0.4, 0.5) is 9.18 Å². The quantitative estimate of drug-likeness (QED) is 0.411. The number of amidine groups is 1. The topological polar surface area (TPSA) is 131 Å². The van der Waals surface area contributed by atoms with E-state index in [4.69, 9.17) is 21.3 Å². The first-order chi connectivity index (χ1) is 21.5. The van der Waals surface area contributed by atoms with Crippen molar-refractivity contribution in [1.29, 1.82) is 0 Å². The number of thiazole rings is 1. The van der Waals surface area contributed by atoms with Crippen LogP contribution in [0.1, 0.15) is 36.9 Å². The lowest BCUT2D eigenvalue weighted by Crippen LogP contribution is -2.53. The molecule has 2 amide bonds. The van der Waals surface area contributed by atoms with Gasteiger partial charge in [0, 0.05) is 79.2 Å². The average Bonchev–Trinajstić information content (AvgIpc) is 3.76. The van der Waals surface area contributed by atoms with Gasteiger partial charge >= 0.3 is 18.0 Å². The van der Waals surface area contributed by atoms with Gasteiger partial charge in [0.1, 0.15) is 17.9 Å². The highest BCUT2D eigenvalue weighted by Crippen LogP contribution is 2.37. The van der Waals surface area contributed by atoms with Gasteiger partial charge in [0.2, 0.25) is 0 Å². The number of carboxylic acid groups (broad SMARTS) is 1. The number of carbonyl (C=O) groups excluding carboxylic acids is 2. The molecule has 12 nitrogen and oxygen atoms in total. The van der Waals surface area contributed by atoms with Crippen molar-refractivity contribution in [3.63, 3.8) is 0 Å². The van der Waals surface area contributed by atoms with Crippen LogP contribution in [-0.2, 0) is 14.3 Å². The summed E-state index contributed by atoms with van der Waals surface area (Å²) in [6.07, 6.45) is 2.06. The number of carboxylic acids is 1. The van der Waals surface area contributed by atoms with Crippen molar-refractivity contribution < 1.29 is 28.6 Å². The molecule has 1 aromatic heterocycles. The van der Waals surface area contributed by atoms with Crippen LogP contribution < -0.4 is 5.32 Å². The van der Waals surface area contributed by atoms with E-state index in [0.29, 0.717) is 67.8 Å². The Bertz CT molecular complexity index is 1550. The maximum atomic E-state index is 14.0. The molecule has 0 radical (unpaired) electrons. The predicted molar refractivity (Wildman–Crippen MR) is 166 cm³/mol. The van der Waals surface area contributed by atoms with Crippen molar-refractivity contribution in [3.8, 4) is 0 Å². The number of aliphatic imine (C=N–C) groups is 1. The molecule has 1 unspecified atom stereocenters. The molecule has 0 spiro atoms. The molecule has 4 atom stereocenters. The van der Waals surface area contributed by atoms with Crippen LogP contribution >= 0.6 is 22.9 Å². The van der Waals surface area contributed by atoms with E-state index in [9.17, 15) is 23.9 Å². The molecule has 3 saturated heterocycles. The van der Waals surface area contributed by atoms with Crippen LogP contribution in [0.15, 0.2) is 46.0 Å². The number of nitrogens with one attached hydrogen (secondary N) is 1. The van der Waals surface area contributed by atoms with Gasteiger partial charge in [-0.1, -0.05) is 17.7 Å². The number of hydrogen-bond donors (Lipinski definition) is 2. The molecule has 6 rings (SSSR count). The van der Waals surface area contributed by atoms with Gasteiger partial charge in [-0.15, -0.1) is 11.3 Å². The summed E-state index contributed by atoms with van der Waals surface area (Å²) >= 11 is 7.86. The number of piperazine rings is 1. The summed E-state index contributed by atoms with van der Waals surface area (Å²) in [5.41, 5.74) is 1.28. The van der Waals surface area contributed by atoms with Crippen LogP contribution in [-0.4, -0.2) is 124 Å². The third-order valence-electron chi connectivity index (χ3n) is 8.98. The molecule has 45 heavy (non-hydrogen) atoms. The van der Waals surface area contributed by atoms with Gasteiger partial charge in [0.25, 0.3) is 0 Å². The number of hydrogen-bond acceptors (Lipinski definition) is 10. The molecule has 0 aliphatic carbocycles. The van der Waals surface area contributed by atoms with E-state index in [1.807, 2.05) is 33.9 Å². The van der Waals surface area contributed by atoms with Crippen LogP contribution in [0.2, 0.25) is 5.02 Å². The number of esters is 1. The lowest BCUT2D eigenvalue weighted by molar-refractivity contribution is -0.142. The van der Waals surface area contributed by atoms with Gasteiger partial charge in [0.15, 0.2) is 10.8 Å². The van der Waals surface area contributed by atoms with Crippen LogP contribution in [0.5, 0.6) is 0 Å². The number of ether oxygens (including phenoxy) is 1. The number of aliphatic carboxylic acids is 1. The summed E-state index contributed by atoms with van der Waals surface area (Å²) < 4.78 is 19.2. The fourth-order valence-electron chi connectivity index (χ4n) is 6.82. The number of amides is 2. The molecule has 2 N–H and O–H groups in total. The van der Waals surface area contributed by atoms with Crippen molar-refractivity contribution >= 4 is 46.7 Å². The minimum Gasteiger partial charge on any atom is -0.480 e. The number of benzene rings is 1. The van der Waals surface area contributed by atoms with E-state index < -0.39 is 29.8 Å². The number of aromatic nitrogens is 1. The molecule has 4 aliphatic heterocycles. The first-order valence-corrected chi connectivity index (χ1v) is 16.1. The first kappa shape index (κ1) is 31.4. The SMILES string of the molecule is COC(=O)C1=C(CN2CCN3C(=O)N(C4C[C@@H](C(=O)O)N(C(C)C)C4)C[C@@H]3C2)NC(c2nccs2)=N[C@H]1c1ccc(F)cc1Cl. The van der Waals surface area contributed by atoms with Crippen molar-refractivity contribution in [3.05, 3.63) is 62.5 Å². The standard InChI is InChI=1S/C30H35ClFN7O5S/c1-16(2)38-13-18(11-23(38)28(40)41)39-14-19-12-36(7-8-37(19)30(39)43)15-22-24(29(42)44-3)25(20-5-4-17(32)10-21(20)31)35-26(34-22)27-33-6-9-45-27/h4-6,9-10,16,18-19,23,25H,7-8,11-15H2,1-3H3,(H,34,35)(H,40,41)/t18?,19-,23-,25-/m0/s1.